The first-order valence-electron chi connectivity index (χ1n) is 11.5. The van der Waals surface area contributed by atoms with E-state index in [0.717, 1.165) is 25.7 Å². The van der Waals surface area contributed by atoms with Crippen LogP contribution in [0.2, 0.25) is 0 Å². The number of hydrogen-bond donors (Lipinski definition) is 2. The Hall–Kier alpha value is -3.33. The average Bonchev–Trinajstić information content (AvgIpc) is 2.78. The number of piperidine rings is 2. The first-order valence-corrected chi connectivity index (χ1v) is 11.5. The molecule has 2 saturated heterocycles. The number of aromatic hydroxyl groups is 1. The Kier molecular flexibility index (Phi) is 5.59. The molecule has 2 fully saturated rings. The summed E-state index contributed by atoms with van der Waals surface area (Å²) in [7, 11) is 1.47. The average molecular weight is 466 g/mol. The van der Waals surface area contributed by atoms with Gasteiger partial charge >= 0.3 is 0 Å². The lowest BCUT2D eigenvalue weighted by molar-refractivity contribution is 0.00726. The van der Waals surface area contributed by atoms with Crippen molar-refractivity contribution >= 4 is 0 Å². The summed E-state index contributed by atoms with van der Waals surface area (Å²) in [6.07, 6.45) is 6.79. The Balaban J connectivity index is 1.35. The van der Waals surface area contributed by atoms with Gasteiger partial charge in [-0.15, -0.1) is 15.3 Å². The third-order valence-electron chi connectivity index (χ3n) is 6.84. The Bertz CT molecular complexity index is 1170. The van der Waals surface area contributed by atoms with Gasteiger partial charge in [0.2, 0.25) is 11.8 Å². The molecule has 2 aliphatic heterocycles. The fourth-order valence-corrected chi connectivity index (χ4v) is 5.49. The molecule has 2 N–H and O–H groups in total. The third-order valence-corrected chi connectivity index (χ3v) is 6.84. The first-order chi connectivity index (χ1) is 16.3. The molecule has 8 nitrogen and oxygen atoms in total. The summed E-state index contributed by atoms with van der Waals surface area (Å²) < 4.78 is 26.3. The van der Waals surface area contributed by atoms with Crippen molar-refractivity contribution in [2.45, 2.75) is 63.1 Å². The van der Waals surface area contributed by atoms with E-state index in [1.807, 2.05) is 0 Å². The molecular weight excluding hydrogens is 437 g/mol. The number of phenolic OH excluding ortho intramolecular Hbond substituents is 1. The Morgan fingerprint density at radius 1 is 1.00 bits per heavy atom. The van der Waals surface area contributed by atoms with Crippen LogP contribution in [0.5, 0.6) is 17.5 Å². The summed E-state index contributed by atoms with van der Waals surface area (Å²) in [5, 5.41) is 30.3. The van der Waals surface area contributed by atoms with Crippen molar-refractivity contribution in [3.8, 4) is 39.9 Å². The number of phenols is 1. The van der Waals surface area contributed by atoms with Crippen molar-refractivity contribution in [1.82, 2.24) is 25.7 Å². The fourth-order valence-electron chi connectivity index (χ4n) is 5.49. The fraction of sp³-hybridized carbons (Fsp3) is 0.440. The van der Waals surface area contributed by atoms with Gasteiger partial charge < -0.3 is 19.9 Å². The van der Waals surface area contributed by atoms with Crippen LogP contribution in [-0.2, 0) is 0 Å². The maximum atomic E-state index is 15.0. The van der Waals surface area contributed by atoms with Crippen LogP contribution in [0.1, 0.15) is 46.0 Å². The zero-order valence-electron chi connectivity index (χ0n) is 19.5. The lowest BCUT2D eigenvalue weighted by Crippen LogP contribution is -2.65. The number of halogens is 1. The Morgan fingerprint density at radius 2 is 1.76 bits per heavy atom. The van der Waals surface area contributed by atoms with Gasteiger partial charge in [0.15, 0.2) is 0 Å². The number of benzene rings is 1. The zero-order valence-corrected chi connectivity index (χ0v) is 19.5. The van der Waals surface area contributed by atoms with Crippen LogP contribution in [0.3, 0.4) is 0 Å². The van der Waals surface area contributed by atoms with Gasteiger partial charge in [0.05, 0.1) is 24.6 Å². The molecule has 3 aromatic rings. The SMILES string of the molecule is COc1cc(-c2cc(O)c(-c3ccc(O[C@H]4C[C@]5(C)CCC[C@](C)(C4)N5)nn3)c(F)c2)cnn1. The summed E-state index contributed by atoms with van der Waals surface area (Å²) in [6, 6.07) is 7.67. The van der Waals surface area contributed by atoms with Crippen LogP contribution in [0.15, 0.2) is 36.5 Å². The molecule has 9 heteroatoms. The maximum Gasteiger partial charge on any atom is 0.233 e. The molecule has 2 bridgehead atoms. The number of aromatic nitrogens is 4. The van der Waals surface area contributed by atoms with Crippen LogP contribution < -0.4 is 14.8 Å². The van der Waals surface area contributed by atoms with Gasteiger partial charge in [-0.25, -0.2) is 4.39 Å². The van der Waals surface area contributed by atoms with Crippen LogP contribution in [0.25, 0.3) is 22.4 Å². The standard InChI is InChI=1S/C25H28FN5O3/c1-24-7-4-8-25(2,31-24)13-17(12-24)34-21-6-5-19(28-30-21)23-18(26)9-15(10-20(23)32)16-11-22(33-3)29-27-14-16/h5-6,9-11,14,17,31-32H,4,7-8,12-13H2,1-3H3/t17-,24-,25+. The molecule has 0 spiro atoms. The van der Waals surface area contributed by atoms with Crippen molar-refractivity contribution < 1.29 is 19.0 Å². The molecule has 1 aromatic carbocycles. The molecule has 2 aromatic heterocycles. The first kappa shape index (κ1) is 22.5. The van der Waals surface area contributed by atoms with Crippen molar-refractivity contribution in [3.63, 3.8) is 0 Å². The molecule has 0 aliphatic carbocycles. The van der Waals surface area contributed by atoms with E-state index in [1.165, 1.54) is 31.9 Å². The predicted octanol–water partition coefficient (Wildman–Crippen LogP) is 4.29. The number of fused-ring (bicyclic) bond motifs is 2. The minimum atomic E-state index is -0.624. The Labute approximate surface area is 197 Å². The van der Waals surface area contributed by atoms with Crippen LogP contribution in [0.4, 0.5) is 4.39 Å². The summed E-state index contributed by atoms with van der Waals surface area (Å²) in [5.41, 5.74) is 1.34. The van der Waals surface area contributed by atoms with E-state index in [-0.39, 0.29) is 34.2 Å². The lowest BCUT2D eigenvalue weighted by Gasteiger charge is -2.53. The number of methoxy groups -OCH3 is 1. The second-order valence-corrected chi connectivity index (χ2v) is 9.84. The smallest absolute Gasteiger partial charge is 0.233 e. The van der Waals surface area contributed by atoms with Gasteiger partial charge in [-0.2, -0.15) is 5.10 Å². The molecule has 0 unspecified atom stereocenters. The van der Waals surface area contributed by atoms with Gasteiger partial charge in [0.1, 0.15) is 17.7 Å². The normalized spacial score (nSPS) is 26.2. The number of hydrogen-bond acceptors (Lipinski definition) is 8. The van der Waals surface area contributed by atoms with E-state index in [4.69, 9.17) is 9.47 Å². The number of nitrogens with zero attached hydrogens (tertiary/aromatic N) is 4. The summed E-state index contributed by atoms with van der Waals surface area (Å²) in [4.78, 5) is 0. The lowest BCUT2D eigenvalue weighted by atomic mass is 9.70. The van der Waals surface area contributed by atoms with Crippen LogP contribution in [0, 0.1) is 5.82 Å². The topological polar surface area (TPSA) is 102 Å². The third kappa shape index (κ3) is 4.40. The van der Waals surface area contributed by atoms with Gasteiger partial charge in [0, 0.05) is 41.6 Å². The van der Waals surface area contributed by atoms with E-state index < -0.39 is 5.82 Å². The largest absolute Gasteiger partial charge is 0.507 e. The van der Waals surface area contributed by atoms with Crippen molar-refractivity contribution in [3.05, 3.63) is 42.3 Å². The maximum absolute atomic E-state index is 15.0. The molecule has 0 radical (unpaired) electrons. The van der Waals surface area contributed by atoms with E-state index in [0.29, 0.717) is 22.9 Å². The molecule has 178 valence electrons. The minimum absolute atomic E-state index is 0.0202. The highest BCUT2D eigenvalue weighted by Gasteiger charge is 2.46. The van der Waals surface area contributed by atoms with E-state index in [9.17, 15) is 5.11 Å². The number of rotatable bonds is 5. The highest BCUT2D eigenvalue weighted by molar-refractivity contribution is 5.74. The zero-order chi connectivity index (χ0) is 23.9. The summed E-state index contributed by atoms with van der Waals surface area (Å²) in [6.45, 7) is 4.50. The molecule has 4 heterocycles. The number of nitrogens with one attached hydrogen (secondary N) is 1. The molecular formula is C25H28FN5O3. The summed E-state index contributed by atoms with van der Waals surface area (Å²) in [5.74, 6) is -0.183. The molecule has 0 saturated carbocycles. The Morgan fingerprint density at radius 3 is 2.41 bits per heavy atom. The molecule has 2 aliphatic rings. The van der Waals surface area contributed by atoms with Crippen molar-refractivity contribution in [2.24, 2.45) is 0 Å². The van der Waals surface area contributed by atoms with Gasteiger partial charge in [-0.3, -0.25) is 0 Å². The summed E-state index contributed by atoms with van der Waals surface area (Å²) >= 11 is 0. The molecule has 5 rings (SSSR count). The van der Waals surface area contributed by atoms with Gasteiger partial charge in [0.25, 0.3) is 0 Å². The highest BCUT2D eigenvalue weighted by Crippen LogP contribution is 2.41. The second kappa shape index (κ2) is 8.47. The van der Waals surface area contributed by atoms with E-state index in [1.54, 1.807) is 18.2 Å². The predicted molar refractivity (Wildman–Crippen MR) is 124 cm³/mol. The van der Waals surface area contributed by atoms with Gasteiger partial charge in [-0.1, -0.05) is 0 Å². The van der Waals surface area contributed by atoms with Crippen LogP contribution >= 0.6 is 0 Å². The van der Waals surface area contributed by atoms with Crippen molar-refractivity contribution in [1.29, 1.82) is 0 Å². The molecule has 0 amide bonds. The monoisotopic (exact) mass is 465 g/mol. The molecule has 34 heavy (non-hydrogen) atoms. The second-order valence-electron chi connectivity index (χ2n) is 9.84. The van der Waals surface area contributed by atoms with E-state index >= 15 is 4.39 Å². The minimum Gasteiger partial charge on any atom is -0.507 e. The number of ether oxygens (including phenoxy) is 2. The quantitative estimate of drug-likeness (QED) is 0.576. The van der Waals surface area contributed by atoms with E-state index in [2.05, 4.69) is 39.6 Å². The highest BCUT2D eigenvalue weighted by atomic mass is 19.1. The van der Waals surface area contributed by atoms with Crippen LogP contribution in [-0.4, -0.2) is 49.8 Å². The molecule has 3 atom stereocenters. The van der Waals surface area contributed by atoms with Gasteiger partial charge in [-0.05, 0) is 56.9 Å². The van der Waals surface area contributed by atoms with Crippen molar-refractivity contribution in [2.75, 3.05) is 7.11 Å².